The highest BCUT2D eigenvalue weighted by atomic mass is 32.2. The smallest absolute Gasteiger partial charge is 0.315 e. The molecular weight excluding hydrogens is 306 g/mol. The third kappa shape index (κ3) is 5.10. The van der Waals surface area contributed by atoms with Crippen LogP contribution in [0.15, 0.2) is 0 Å². The van der Waals surface area contributed by atoms with Crippen LogP contribution in [0.3, 0.4) is 0 Å². The van der Waals surface area contributed by atoms with Crippen molar-refractivity contribution in [1.29, 1.82) is 0 Å². The molecule has 22 heavy (non-hydrogen) atoms. The minimum absolute atomic E-state index is 0.0501. The predicted octanol–water partition coefficient (Wildman–Crippen LogP) is -0.0296. The maximum Gasteiger partial charge on any atom is 0.315 e. The van der Waals surface area contributed by atoms with E-state index in [1.165, 1.54) is 0 Å². The molecule has 0 unspecified atom stereocenters. The van der Waals surface area contributed by atoms with Crippen molar-refractivity contribution in [1.82, 2.24) is 15.5 Å². The molecule has 0 spiro atoms. The molecule has 0 bridgehead atoms. The van der Waals surface area contributed by atoms with Gasteiger partial charge in [-0.15, -0.1) is 0 Å². The summed E-state index contributed by atoms with van der Waals surface area (Å²) in [6, 6.07) is -0.334. The highest BCUT2D eigenvalue weighted by Crippen LogP contribution is 2.13. The second kappa shape index (κ2) is 7.14. The first-order valence-electron chi connectivity index (χ1n) is 7.89. The van der Waals surface area contributed by atoms with Crippen LogP contribution in [-0.2, 0) is 14.6 Å². The first-order valence-corrected chi connectivity index (χ1v) is 9.71. The van der Waals surface area contributed by atoms with E-state index in [1.54, 1.807) is 0 Å². The minimum Gasteiger partial charge on any atom is -0.373 e. The van der Waals surface area contributed by atoms with Crippen LogP contribution in [0.25, 0.3) is 0 Å². The number of hydrogen-bond acceptors (Lipinski definition) is 5. The molecule has 2 aliphatic rings. The van der Waals surface area contributed by atoms with Gasteiger partial charge in [-0.2, -0.15) is 0 Å². The maximum absolute atomic E-state index is 11.9. The molecule has 0 radical (unpaired) electrons. The molecule has 2 aliphatic heterocycles. The van der Waals surface area contributed by atoms with Crippen LogP contribution in [0.5, 0.6) is 0 Å². The second-order valence-corrected chi connectivity index (χ2v) is 8.74. The molecule has 4 atom stereocenters. The number of carbonyl (C=O) groups excluding carboxylic acids is 1. The lowest BCUT2D eigenvalue weighted by atomic mass is 10.2. The topological polar surface area (TPSA) is 87.7 Å². The summed E-state index contributed by atoms with van der Waals surface area (Å²) in [6.07, 6.45) is 0.900. The molecule has 2 fully saturated rings. The zero-order valence-corrected chi connectivity index (χ0v) is 14.4. The fourth-order valence-corrected chi connectivity index (χ4v) is 4.77. The molecule has 2 saturated heterocycles. The third-order valence-electron chi connectivity index (χ3n) is 4.20. The van der Waals surface area contributed by atoms with E-state index in [2.05, 4.69) is 36.3 Å². The van der Waals surface area contributed by atoms with Gasteiger partial charge >= 0.3 is 6.03 Å². The standard InChI is InChI=1S/C14H27N3O4S/c1-10(17-7-11(2)21-12(3)8-17)6-15-14(18)16-13-4-5-22(19,20)9-13/h10-13H,4-9H2,1-3H3,(H2,15,16,18)/t10-,11-,12-,13+/m1/s1. The number of amides is 2. The summed E-state index contributed by atoms with van der Waals surface area (Å²) in [5.74, 6) is 0.215. The van der Waals surface area contributed by atoms with E-state index in [9.17, 15) is 13.2 Å². The van der Waals surface area contributed by atoms with Crippen LogP contribution in [0.4, 0.5) is 4.79 Å². The number of rotatable bonds is 4. The lowest BCUT2D eigenvalue weighted by Crippen LogP contribution is -2.53. The Labute approximate surface area is 132 Å². The number of ether oxygens (including phenoxy) is 1. The predicted molar refractivity (Wildman–Crippen MR) is 84.6 cm³/mol. The average molecular weight is 333 g/mol. The molecule has 0 aromatic rings. The first kappa shape index (κ1) is 17.5. The second-order valence-electron chi connectivity index (χ2n) is 6.51. The van der Waals surface area contributed by atoms with Gasteiger partial charge in [0.15, 0.2) is 9.84 Å². The van der Waals surface area contributed by atoms with Gasteiger partial charge in [0, 0.05) is 31.7 Å². The fraction of sp³-hybridized carbons (Fsp3) is 0.929. The number of carbonyl (C=O) groups is 1. The van der Waals surface area contributed by atoms with Crippen LogP contribution < -0.4 is 10.6 Å². The molecule has 2 heterocycles. The van der Waals surface area contributed by atoms with E-state index in [0.29, 0.717) is 13.0 Å². The lowest BCUT2D eigenvalue weighted by Gasteiger charge is -2.39. The molecule has 0 aromatic heterocycles. The van der Waals surface area contributed by atoms with E-state index >= 15 is 0 Å². The Kier molecular flexibility index (Phi) is 5.68. The van der Waals surface area contributed by atoms with Crippen LogP contribution in [0.2, 0.25) is 0 Å². The van der Waals surface area contributed by atoms with E-state index in [0.717, 1.165) is 13.1 Å². The Morgan fingerprint density at radius 1 is 1.32 bits per heavy atom. The van der Waals surface area contributed by atoms with Gasteiger partial charge in [-0.3, -0.25) is 4.90 Å². The van der Waals surface area contributed by atoms with E-state index < -0.39 is 9.84 Å². The summed E-state index contributed by atoms with van der Waals surface area (Å²) in [5.41, 5.74) is 0. The normalized spacial score (nSPS) is 33.3. The van der Waals surface area contributed by atoms with Crippen molar-refractivity contribution in [3.05, 3.63) is 0 Å². The number of nitrogens with one attached hydrogen (secondary N) is 2. The number of hydrogen-bond donors (Lipinski definition) is 2. The van der Waals surface area contributed by atoms with Crippen molar-refractivity contribution in [2.45, 2.75) is 51.5 Å². The number of sulfone groups is 1. The fourth-order valence-electron chi connectivity index (χ4n) is 3.09. The van der Waals surface area contributed by atoms with Crippen molar-refractivity contribution >= 4 is 15.9 Å². The molecular formula is C14H27N3O4S. The van der Waals surface area contributed by atoms with Crippen LogP contribution in [0.1, 0.15) is 27.2 Å². The Morgan fingerprint density at radius 3 is 2.50 bits per heavy atom. The van der Waals surface area contributed by atoms with Crippen molar-refractivity contribution in [3.63, 3.8) is 0 Å². The Balaban J connectivity index is 1.71. The van der Waals surface area contributed by atoms with E-state index in [4.69, 9.17) is 4.74 Å². The molecule has 0 aliphatic carbocycles. The number of morpholine rings is 1. The summed E-state index contributed by atoms with van der Waals surface area (Å²) in [4.78, 5) is 14.2. The zero-order valence-electron chi connectivity index (χ0n) is 13.5. The van der Waals surface area contributed by atoms with Gasteiger partial charge in [0.2, 0.25) is 0 Å². The van der Waals surface area contributed by atoms with Crippen LogP contribution in [0, 0.1) is 0 Å². The van der Waals surface area contributed by atoms with Gasteiger partial charge in [0.05, 0.1) is 23.7 Å². The Bertz CT molecular complexity index is 486. The Morgan fingerprint density at radius 2 is 1.95 bits per heavy atom. The molecule has 2 rings (SSSR count). The summed E-state index contributed by atoms with van der Waals surface area (Å²) in [6.45, 7) is 8.42. The van der Waals surface area contributed by atoms with Crippen molar-refractivity contribution in [2.24, 2.45) is 0 Å². The quantitative estimate of drug-likeness (QED) is 0.754. The number of nitrogens with zero attached hydrogens (tertiary/aromatic N) is 1. The summed E-state index contributed by atoms with van der Waals surface area (Å²) < 4.78 is 28.4. The average Bonchev–Trinajstić information content (AvgIpc) is 2.74. The highest BCUT2D eigenvalue weighted by molar-refractivity contribution is 7.91. The van der Waals surface area contributed by atoms with Gasteiger partial charge in [-0.05, 0) is 27.2 Å². The van der Waals surface area contributed by atoms with Crippen LogP contribution >= 0.6 is 0 Å². The third-order valence-corrected chi connectivity index (χ3v) is 5.96. The van der Waals surface area contributed by atoms with Gasteiger partial charge in [0.1, 0.15) is 0 Å². The molecule has 0 aromatic carbocycles. The molecule has 128 valence electrons. The van der Waals surface area contributed by atoms with E-state index in [-0.39, 0.29) is 41.8 Å². The van der Waals surface area contributed by atoms with E-state index in [1.807, 2.05) is 0 Å². The van der Waals surface area contributed by atoms with Crippen molar-refractivity contribution < 1.29 is 17.9 Å². The maximum atomic E-state index is 11.9. The lowest BCUT2D eigenvalue weighted by molar-refractivity contribution is -0.0778. The van der Waals surface area contributed by atoms with Gasteiger partial charge in [-0.1, -0.05) is 0 Å². The van der Waals surface area contributed by atoms with Gasteiger partial charge < -0.3 is 15.4 Å². The van der Waals surface area contributed by atoms with Crippen molar-refractivity contribution in [2.75, 3.05) is 31.1 Å². The van der Waals surface area contributed by atoms with Crippen LogP contribution in [-0.4, -0.2) is 74.8 Å². The minimum atomic E-state index is -2.97. The van der Waals surface area contributed by atoms with Crippen molar-refractivity contribution in [3.8, 4) is 0 Å². The van der Waals surface area contributed by atoms with Gasteiger partial charge in [-0.25, -0.2) is 13.2 Å². The summed E-state index contributed by atoms with van der Waals surface area (Å²) in [5, 5.41) is 5.57. The largest absolute Gasteiger partial charge is 0.373 e. The number of urea groups is 1. The highest BCUT2D eigenvalue weighted by Gasteiger charge is 2.29. The summed E-state index contributed by atoms with van der Waals surface area (Å²) >= 11 is 0. The molecule has 7 nitrogen and oxygen atoms in total. The van der Waals surface area contributed by atoms with Gasteiger partial charge in [0.25, 0.3) is 0 Å². The summed E-state index contributed by atoms with van der Waals surface area (Å²) in [7, 11) is -2.97. The zero-order chi connectivity index (χ0) is 16.3. The monoisotopic (exact) mass is 333 g/mol. The molecule has 8 heteroatoms. The Hall–Kier alpha value is -0.860. The molecule has 2 amide bonds. The molecule has 2 N–H and O–H groups in total. The SMILES string of the molecule is C[C@@H]1CN([C@H](C)CNC(=O)N[C@H]2CCS(=O)(=O)C2)C[C@@H](C)O1. The molecule has 0 saturated carbocycles. The first-order chi connectivity index (χ1) is 10.2.